The summed E-state index contributed by atoms with van der Waals surface area (Å²) in [5, 5.41) is 12.1. The number of aliphatic hydroxyl groups is 1. The number of benzene rings is 1. The van der Waals surface area contributed by atoms with E-state index < -0.39 is 11.7 Å². The van der Waals surface area contributed by atoms with Gasteiger partial charge in [0, 0.05) is 19.2 Å². The highest BCUT2D eigenvalue weighted by atomic mass is 19.4. The molecule has 2 atom stereocenters. The quantitative estimate of drug-likeness (QED) is 0.854. The first kappa shape index (κ1) is 15.0. The summed E-state index contributed by atoms with van der Waals surface area (Å²) < 4.78 is 37.0. The number of nitrogens with one attached hydrogen (secondary N) is 1. The van der Waals surface area contributed by atoms with E-state index in [1.807, 2.05) is 13.8 Å². The normalized spacial score (nSPS) is 15.4. The van der Waals surface area contributed by atoms with E-state index in [4.69, 9.17) is 5.11 Å². The van der Waals surface area contributed by atoms with Crippen molar-refractivity contribution in [2.75, 3.05) is 6.61 Å². The minimum atomic E-state index is -4.29. The zero-order valence-electron chi connectivity index (χ0n) is 10.5. The van der Waals surface area contributed by atoms with Gasteiger partial charge in [0.15, 0.2) is 0 Å². The van der Waals surface area contributed by atoms with Gasteiger partial charge in [-0.1, -0.05) is 19.1 Å². The minimum absolute atomic E-state index is 0.0845. The van der Waals surface area contributed by atoms with Gasteiger partial charge in [-0.25, -0.2) is 0 Å². The van der Waals surface area contributed by atoms with Crippen LogP contribution < -0.4 is 5.32 Å². The zero-order valence-corrected chi connectivity index (χ0v) is 10.5. The molecule has 0 spiro atoms. The van der Waals surface area contributed by atoms with E-state index in [2.05, 4.69) is 5.32 Å². The highest BCUT2D eigenvalue weighted by molar-refractivity contribution is 5.24. The molecular formula is C13H18F3NO. The summed E-state index contributed by atoms with van der Waals surface area (Å²) in [5.74, 6) is 0.111. The van der Waals surface area contributed by atoms with E-state index in [0.29, 0.717) is 6.54 Å². The van der Waals surface area contributed by atoms with Gasteiger partial charge in [0.2, 0.25) is 0 Å². The van der Waals surface area contributed by atoms with Gasteiger partial charge in [-0.2, -0.15) is 13.2 Å². The number of hydrogen-bond donors (Lipinski definition) is 2. The van der Waals surface area contributed by atoms with Gasteiger partial charge in [-0.05, 0) is 30.5 Å². The summed E-state index contributed by atoms with van der Waals surface area (Å²) in [6.45, 7) is 4.42. The molecule has 5 heteroatoms. The number of hydrogen-bond acceptors (Lipinski definition) is 2. The molecule has 2 nitrogen and oxygen atoms in total. The van der Waals surface area contributed by atoms with Gasteiger partial charge in [0.05, 0.1) is 5.56 Å². The Bertz CT molecular complexity index is 361. The molecule has 0 fully saturated rings. The Morgan fingerprint density at radius 3 is 2.17 bits per heavy atom. The maximum Gasteiger partial charge on any atom is 0.416 e. The molecule has 0 aromatic heterocycles. The second-order valence-corrected chi connectivity index (χ2v) is 4.52. The molecule has 18 heavy (non-hydrogen) atoms. The monoisotopic (exact) mass is 261 g/mol. The summed E-state index contributed by atoms with van der Waals surface area (Å²) in [7, 11) is 0. The van der Waals surface area contributed by atoms with E-state index in [1.54, 1.807) is 0 Å². The van der Waals surface area contributed by atoms with Crippen molar-refractivity contribution in [2.45, 2.75) is 32.6 Å². The maximum atomic E-state index is 12.3. The molecule has 102 valence electrons. The second-order valence-electron chi connectivity index (χ2n) is 4.52. The Balaban J connectivity index is 2.54. The molecule has 1 aromatic rings. The highest BCUT2D eigenvalue weighted by Crippen LogP contribution is 2.29. The molecule has 2 unspecified atom stereocenters. The van der Waals surface area contributed by atoms with Crippen molar-refractivity contribution in [2.24, 2.45) is 5.92 Å². The van der Waals surface area contributed by atoms with Crippen LogP contribution in [0.4, 0.5) is 13.2 Å². The van der Waals surface area contributed by atoms with E-state index in [1.165, 1.54) is 12.1 Å². The Morgan fingerprint density at radius 1 is 1.17 bits per heavy atom. The SMILES string of the molecule is CC(CO)C(C)NCc1ccc(C(F)(F)F)cc1. The predicted octanol–water partition coefficient (Wildman–Crippen LogP) is 2.81. The lowest BCUT2D eigenvalue weighted by molar-refractivity contribution is -0.137. The van der Waals surface area contributed by atoms with Crippen molar-refractivity contribution < 1.29 is 18.3 Å². The second kappa shape index (κ2) is 6.20. The van der Waals surface area contributed by atoms with Gasteiger partial charge >= 0.3 is 6.18 Å². The van der Waals surface area contributed by atoms with E-state index in [9.17, 15) is 13.2 Å². The Hall–Kier alpha value is -1.07. The largest absolute Gasteiger partial charge is 0.416 e. The minimum Gasteiger partial charge on any atom is -0.396 e. The van der Waals surface area contributed by atoms with Crippen molar-refractivity contribution in [1.82, 2.24) is 5.32 Å². The summed E-state index contributed by atoms with van der Waals surface area (Å²) >= 11 is 0. The van der Waals surface area contributed by atoms with Gasteiger partial charge < -0.3 is 10.4 Å². The zero-order chi connectivity index (χ0) is 13.8. The third kappa shape index (κ3) is 4.31. The van der Waals surface area contributed by atoms with Crippen LogP contribution in [0.1, 0.15) is 25.0 Å². The van der Waals surface area contributed by atoms with E-state index in [-0.39, 0.29) is 18.6 Å². The maximum absolute atomic E-state index is 12.3. The standard InChI is InChI=1S/C13H18F3NO/c1-9(8-18)10(2)17-7-11-3-5-12(6-4-11)13(14,15)16/h3-6,9-10,17-18H,7-8H2,1-2H3. The van der Waals surface area contributed by atoms with Crippen LogP contribution in [-0.2, 0) is 12.7 Å². The third-order valence-corrected chi connectivity index (χ3v) is 3.05. The molecule has 1 rings (SSSR count). The van der Waals surface area contributed by atoms with Crippen LogP contribution in [0.2, 0.25) is 0 Å². The average molecular weight is 261 g/mol. The Labute approximate surface area is 105 Å². The molecule has 0 heterocycles. The van der Waals surface area contributed by atoms with Crippen LogP contribution in [0.5, 0.6) is 0 Å². The molecular weight excluding hydrogens is 243 g/mol. The fourth-order valence-corrected chi connectivity index (χ4v) is 1.45. The molecule has 0 aliphatic carbocycles. The summed E-state index contributed by atoms with van der Waals surface area (Å²) in [6.07, 6.45) is -4.29. The van der Waals surface area contributed by atoms with Crippen molar-refractivity contribution >= 4 is 0 Å². The number of halogens is 3. The number of aliphatic hydroxyl groups excluding tert-OH is 1. The molecule has 0 saturated heterocycles. The molecule has 0 bridgehead atoms. The van der Waals surface area contributed by atoms with Crippen LogP contribution in [0.3, 0.4) is 0 Å². The van der Waals surface area contributed by atoms with Crippen molar-refractivity contribution in [3.63, 3.8) is 0 Å². The Kier molecular flexibility index (Phi) is 5.16. The Morgan fingerprint density at radius 2 is 1.72 bits per heavy atom. The fourth-order valence-electron chi connectivity index (χ4n) is 1.45. The summed E-state index contributed by atoms with van der Waals surface area (Å²) in [5.41, 5.74) is 0.156. The van der Waals surface area contributed by atoms with Gasteiger partial charge in [-0.15, -0.1) is 0 Å². The van der Waals surface area contributed by atoms with Crippen molar-refractivity contribution in [3.8, 4) is 0 Å². The van der Waals surface area contributed by atoms with Gasteiger partial charge in [0.1, 0.15) is 0 Å². The van der Waals surface area contributed by atoms with Crippen LogP contribution in [0.15, 0.2) is 24.3 Å². The van der Waals surface area contributed by atoms with Crippen LogP contribution in [-0.4, -0.2) is 17.8 Å². The molecule has 2 N–H and O–H groups in total. The molecule has 0 amide bonds. The van der Waals surface area contributed by atoms with Crippen molar-refractivity contribution in [3.05, 3.63) is 35.4 Å². The molecule has 0 radical (unpaired) electrons. The summed E-state index contributed by atoms with van der Waals surface area (Å²) in [6, 6.07) is 5.20. The highest BCUT2D eigenvalue weighted by Gasteiger charge is 2.29. The smallest absolute Gasteiger partial charge is 0.396 e. The lowest BCUT2D eigenvalue weighted by atomic mass is 10.0. The first-order chi connectivity index (χ1) is 8.34. The van der Waals surface area contributed by atoms with E-state index in [0.717, 1.165) is 17.7 Å². The molecule has 1 aromatic carbocycles. The first-order valence-corrected chi connectivity index (χ1v) is 5.85. The van der Waals surface area contributed by atoms with Crippen LogP contribution in [0, 0.1) is 5.92 Å². The fraction of sp³-hybridized carbons (Fsp3) is 0.538. The lowest BCUT2D eigenvalue weighted by Gasteiger charge is -2.19. The van der Waals surface area contributed by atoms with Crippen LogP contribution in [0.25, 0.3) is 0 Å². The topological polar surface area (TPSA) is 32.3 Å². The number of alkyl halides is 3. The summed E-state index contributed by atoms with van der Waals surface area (Å²) in [4.78, 5) is 0. The first-order valence-electron chi connectivity index (χ1n) is 5.85. The third-order valence-electron chi connectivity index (χ3n) is 3.05. The molecule has 0 aliphatic heterocycles. The van der Waals surface area contributed by atoms with Gasteiger partial charge in [0.25, 0.3) is 0 Å². The van der Waals surface area contributed by atoms with E-state index >= 15 is 0 Å². The predicted molar refractivity (Wildman–Crippen MR) is 64.0 cm³/mol. The molecule has 0 saturated carbocycles. The van der Waals surface area contributed by atoms with Crippen LogP contribution >= 0.6 is 0 Å². The number of rotatable bonds is 5. The lowest BCUT2D eigenvalue weighted by Crippen LogP contribution is -2.33. The molecule has 0 aliphatic rings. The van der Waals surface area contributed by atoms with Crippen molar-refractivity contribution in [1.29, 1.82) is 0 Å². The van der Waals surface area contributed by atoms with Gasteiger partial charge in [-0.3, -0.25) is 0 Å². The average Bonchev–Trinajstić information content (AvgIpc) is 2.34.